The fourth-order valence-corrected chi connectivity index (χ4v) is 3.56. The highest BCUT2D eigenvalue weighted by Crippen LogP contribution is 2.22. The molecule has 0 N–H and O–H groups in total. The van der Waals surface area contributed by atoms with E-state index in [9.17, 15) is 0 Å². The molecule has 2 aromatic rings. The molecule has 3 rings (SSSR count). The molecule has 0 aliphatic carbocycles. The van der Waals surface area contributed by atoms with E-state index in [0.29, 0.717) is 0 Å². The first-order valence-corrected chi connectivity index (χ1v) is 9.32. The zero-order valence-electron chi connectivity index (χ0n) is 15.4. The second kappa shape index (κ2) is 8.87. The van der Waals surface area contributed by atoms with Crippen LogP contribution >= 0.6 is 0 Å². The quantitative estimate of drug-likeness (QED) is 0.732. The zero-order valence-corrected chi connectivity index (χ0v) is 15.4. The zero-order chi connectivity index (χ0) is 17.5. The molecular formula is C23H29NO. The van der Waals surface area contributed by atoms with Crippen LogP contribution in [0.1, 0.15) is 30.9 Å². The lowest BCUT2D eigenvalue weighted by Crippen LogP contribution is -2.34. The standard InChI is InChI=1S/C23H29NO/c1-19(22-8-10-23(25-2)11-9-22)12-15-24-16-13-21(14-17-24)18-20-6-4-3-5-7-20/h3-12,21H,13-18H2,1-2H3/b19-12+. The number of hydrogen-bond acceptors (Lipinski definition) is 2. The largest absolute Gasteiger partial charge is 0.497 e. The van der Waals surface area contributed by atoms with Crippen LogP contribution in [0, 0.1) is 5.92 Å². The van der Waals surface area contributed by atoms with E-state index in [-0.39, 0.29) is 0 Å². The number of hydrogen-bond donors (Lipinski definition) is 0. The van der Waals surface area contributed by atoms with Gasteiger partial charge in [-0.2, -0.15) is 0 Å². The van der Waals surface area contributed by atoms with Crippen LogP contribution in [0.25, 0.3) is 5.57 Å². The third kappa shape index (κ3) is 5.20. The van der Waals surface area contributed by atoms with Gasteiger partial charge in [-0.1, -0.05) is 48.5 Å². The number of piperidine rings is 1. The normalized spacial score (nSPS) is 16.8. The van der Waals surface area contributed by atoms with Gasteiger partial charge in [0.1, 0.15) is 5.75 Å². The maximum absolute atomic E-state index is 5.23. The van der Waals surface area contributed by atoms with E-state index in [1.165, 1.54) is 49.1 Å². The van der Waals surface area contributed by atoms with Crippen LogP contribution in [0.4, 0.5) is 0 Å². The molecule has 0 spiro atoms. The van der Waals surface area contributed by atoms with Crippen molar-refractivity contribution >= 4 is 5.57 Å². The van der Waals surface area contributed by atoms with Crippen molar-refractivity contribution in [3.63, 3.8) is 0 Å². The predicted octanol–water partition coefficient (Wildman–Crippen LogP) is 5.05. The summed E-state index contributed by atoms with van der Waals surface area (Å²) in [7, 11) is 1.71. The third-order valence-corrected chi connectivity index (χ3v) is 5.28. The van der Waals surface area contributed by atoms with Gasteiger partial charge in [-0.15, -0.1) is 0 Å². The summed E-state index contributed by atoms with van der Waals surface area (Å²) in [6.45, 7) is 5.67. The van der Waals surface area contributed by atoms with Crippen molar-refractivity contribution in [2.45, 2.75) is 26.2 Å². The summed E-state index contributed by atoms with van der Waals surface area (Å²) in [6.07, 6.45) is 6.21. The number of benzene rings is 2. The lowest BCUT2D eigenvalue weighted by molar-refractivity contribution is 0.200. The van der Waals surface area contributed by atoms with Crippen LogP contribution in [0.3, 0.4) is 0 Å². The Kier molecular flexibility index (Phi) is 6.30. The molecule has 0 aromatic heterocycles. The molecular weight excluding hydrogens is 306 g/mol. The van der Waals surface area contributed by atoms with Crippen LogP contribution < -0.4 is 4.74 Å². The molecule has 1 saturated heterocycles. The van der Waals surface area contributed by atoms with E-state index in [1.54, 1.807) is 7.11 Å². The van der Waals surface area contributed by atoms with Gasteiger partial charge in [0, 0.05) is 6.54 Å². The average Bonchev–Trinajstić information content (AvgIpc) is 2.68. The maximum atomic E-state index is 5.23. The summed E-state index contributed by atoms with van der Waals surface area (Å²) in [6, 6.07) is 19.2. The molecule has 132 valence electrons. The van der Waals surface area contributed by atoms with Crippen LogP contribution in [-0.4, -0.2) is 31.6 Å². The van der Waals surface area contributed by atoms with Crippen LogP contribution in [0.15, 0.2) is 60.7 Å². The number of rotatable bonds is 6. The van der Waals surface area contributed by atoms with Crippen molar-refractivity contribution in [2.24, 2.45) is 5.92 Å². The maximum Gasteiger partial charge on any atom is 0.118 e. The molecule has 2 heteroatoms. The number of ether oxygens (including phenoxy) is 1. The van der Waals surface area contributed by atoms with Crippen molar-refractivity contribution in [2.75, 3.05) is 26.7 Å². The first kappa shape index (κ1) is 17.8. The summed E-state index contributed by atoms with van der Waals surface area (Å²) in [5.74, 6) is 1.75. The summed E-state index contributed by atoms with van der Waals surface area (Å²) < 4.78 is 5.23. The Balaban J connectivity index is 1.46. The fraction of sp³-hybridized carbons (Fsp3) is 0.391. The molecule has 0 amide bonds. The van der Waals surface area contributed by atoms with Crippen LogP contribution in [0.2, 0.25) is 0 Å². The SMILES string of the molecule is COc1ccc(/C(C)=C/CN2CCC(Cc3ccccc3)CC2)cc1. The molecule has 0 radical (unpaired) electrons. The van der Waals surface area contributed by atoms with Crippen LogP contribution in [0.5, 0.6) is 5.75 Å². The Morgan fingerprint density at radius 2 is 1.72 bits per heavy atom. The van der Waals surface area contributed by atoms with E-state index in [1.807, 2.05) is 12.1 Å². The molecule has 2 aromatic carbocycles. The summed E-state index contributed by atoms with van der Waals surface area (Å²) in [5.41, 5.74) is 4.10. The topological polar surface area (TPSA) is 12.5 Å². The van der Waals surface area contributed by atoms with E-state index in [4.69, 9.17) is 4.74 Å². The lowest BCUT2D eigenvalue weighted by Gasteiger charge is -2.31. The first-order chi connectivity index (χ1) is 12.2. The summed E-state index contributed by atoms with van der Waals surface area (Å²) in [4.78, 5) is 2.58. The Labute approximate surface area is 152 Å². The van der Waals surface area contributed by atoms with Gasteiger partial charge in [-0.3, -0.25) is 4.90 Å². The Morgan fingerprint density at radius 3 is 2.36 bits per heavy atom. The third-order valence-electron chi connectivity index (χ3n) is 5.28. The summed E-state index contributed by atoms with van der Waals surface area (Å²) in [5, 5.41) is 0. The van der Waals surface area contributed by atoms with Crippen molar-refractivity contribution in [3.8, 4) is 5.75 Å². The monoisotopic (exact) mass is 335 g/mol. The fourth-order valence-electron chi connectivity index (χ4n) is 3.56. The van der Waals surface area contributed by atoms with Gasteiger partial charge in [0.2, 0.25) is 0 Å². The number of likely N-dealkylation sites (tertiary alicyclic amines) is 1. The summed E-state index contributed by atoms with van der Waals surface area (Å²) >= 11 is 0. The van der Waals surface area contributed by atoms with E-state index in [0.717, 1.165) is 18.2 Å². The molecule has 0 unspecified atom stereocenters. The molecule has 2 nitrogen and oxygen atoms in total. The molecule has 1 aliphatic rings. The smallest absolute Gasteiger partial charge is 0.118 e. The Bertz CT molecular complexity index is 667. The van der Waals surface area contributed by atoms with Gasteiger partial charge in [-0.25, -0.2) is 0 Å². The van der Waals surface area contributed by atoms with Crippen LogP contribution in [-0.2, 0) is 6.42 Å². The molecule has 1 aliphatic heterocycles. The lowest BCUT2D eigenvalue weighted by atomic mass is 9.90. The minimum absolute atomic E-state index is 0.838. The highest BCUT2D eigenvalue weighted by molar-refractivity contribution is 5.64. The minimum atomic E-state index is 0.838. The van der Waals surface area contributed by atoms with Gasteiger partial charge >= 0.3 is 0 Å². The molecule has 0 atom stereocenters. The second-order valence-corrected chi connectivity index (χ2v) is 7.05. The van der Waals surface area contributed by atoms with E-state index >= 15 is 0 Å². The van der Waals surface area contributed by atoms with E-state index in [2.05, 4.69) is 60.4 Å². The van der Waals surface area contributed by atoms with Crippen molar-refractivity contribution < 1.29 is 4.74 Å². The van der Waals surface area contributed by atoms with Crippen molar-refractivity contribution in [1.82, 2.24) is 4.90 Å². The van der Waals surface area contributed by atoms with Crippen molar-refractivity contribution in [1.29, 1.82) is 0 Å². The van der Waals surface area contributed by atoms with E-state index < -0.39 is 0 Å². The Morgan fingerprint density at radius 1 is 1.04 bits per heavy atom. The number of nitrogens with zero attached hydrogens (tertiary/aromatic N) is 1. The number of allylic oxidation sites excluding steroid dienone is 1. The van der Waals surface area contributed by atoms with Gasteiger partial charge < -0.3 is 4.74 Å². The van der Waals surface area contributed by atoms with Gasteiger partial charge in [0.05, 0.1) is 7.11 Å². The highest BCUT2D eigenvalue weighted by Gasteiger charge is 2.18. The van der Waals surface area contributed by atoms with Gasteiger partial charge in [0.15, 0.2) is 0 Å². The van der Waals surface area contributed by atoms with Crippen molar-refractivity contribution in [3.05, 3.63) is 71.8 Å². The van der Waals surface area contributed by atoms with Gasteiger partial charge in [-0.05, 0) is 74.0 Å². The second-order valence-electron chi connectivity index (χ2n) is 7.05. The molecule has 0 bridgehead atoms. The average molecular weight is 335 g/mol. The Hall–Kier alpha value is -2.06. The first-order valence-electron chi connectivity index (χ1n) is 9.32. The molecule has 0 saturated carbocycles. The highest BCUT2D eigenvalue weighted by atomic mass is 16.5. The molecule has 1 heterocycles. The van der Waals surface area contributed by atoms with Gasteiger partial charge in [0.25, 0.3) is 0 Å². The minimum Gasteiger partial charge on any atom is -0.497 e. The molecule has 25 heavy (non-hydrogen) atoms. The molecule has 1 fully saturated rings. The predicted molar refractivity (Wildman–Crippen MR) is 106 cm³/mol. The number of methoxy groups -OCH3 is 1.